The molecule has 1 aromatic heterocycles. The molecule has 2 nitrogen and oxygen atoms in total. The molecule has 0 aromatic carbocycles. The van der Waals surface area contributed by atoms with Crippen molar-refractivity contribution in [2.45, 2.75) is 50.8 Å². The normalized spacial score (nSPS) is 19.2. The highest BCUT2D eigenvalue weighted by Crippen LogP contribution is 2.39. The molecule has 0 aliphatic heterocycles. The Balaban J connectivity index is 1.98. The topological polar surface area (TPSA) is 25.8 Å². The maximum absolute atomic E-state index is 4.60. The quantitative estimate of drug-likeness (QED) is 0.792. The lowest BCUT2D eigenvalue weighted by Gasteiger charge is -2.24. The van der Waals surface area contributed by atoms with E-state index >= 15 is 0 Å². The first-order valence-electron chi connectivity index (χ1n) is 5.43. The Kier molecular flexibility index (Phi) is 3.17. The maximum Gasteiger partial charge on any atom is 0.145 e. The van der Waals surface area contributed by atoms with E-state index in [-0.39, 0.29) is 5.41 Å². The second kappa shape index (κ2) is 4.13. The number of hydrogen-bond acceptors (Lipinski definition) is 3. The molecule has 1 atom stereocenters. The molecule has 0 spiro atoms. The smallest absolute Gasteiger partial charge is 0.145 e. The predicted molar refractivity (Wildman–Crippen MR) is 67.8 cm³/mol. The minimum atomic E-state index is 0.283. The fraction of sp³-hybridized carbons (Fsp3) is 0.818. The molecule has 0 N–H and O–H groups in total. The summed E-state index contributed by atoms with van der Waals surface area (Å²) in [5.41, 5.74) is 0.283. The van der Waals surface area contributed by atoms with Crippen molar-refractivity contribution in [1.29, 1.82) is 0 Å². The lowest BCUT2D eigenvalue weighted by molar-refractivity contribution is 0.397. The van der Waals surface area contributed by atoms with Crippen LogP contribution in [0.2, 0.25) is 0 Å². The third-order valence-corrected chi connectivity index (χ3v) is 5.16. The van der Waals surface area contributed by atoms with Gasteiger partial charge in [-0.3, -0.25) is 0 Å². The van der Waals surface area contributed by atoms with Crippen molar-refractivity contribution in [3.8, 4) is 0 Å². The molecule has 1 saturated carbocycles. The Morgan fingerprint density at radius 2 is 2.13 bits per heavy atom. The number of hydrogen-bond donors (Lipinski definition) is 0. The molecule has 1 fully saturated rings. The van der Waals surface area contributed by atoms with E-state index in [1.54, 1.807) is 11.5 Å². The number of nitrogens with zero attached hydrogens (tertiary/aromatic N) is 2. The minimum Gasteiger partial charge on any atom is -0.224 e. The lowest BCUT2D eigenvalue weighted by Crippen LogP contribution is -2.22. The van der Waals surface area contributed by atoms with Crippen LogP contribution in [-0.2, 0) is 6.42 Å². The van der Waals surface area contributed by atoms with Crippen LogP contribution >= 0.6 is 27.5 Å². The first kappa shape index (κ1) is 11.5. The molecule has 1 aliphatic carbocycles. The zero-order chi connectivity index (χ0) is 11.1. The van der Waals surface area contributed by atoms with Gasteiger partial charge in [0.2, 0.25) is 0 Å². The zero-order valence-electron chi connectivity index (χ0n) is 9.46. The Morgan fingerprint density at radius 3 is 2.67 bits per heavy atom. The molecule has 0 amide bonds. The van der Waals surface area contributed by atoms with Crippen molar-refractivity contribution in [3.05, 3.63) is 10.8 Å². The van der Waals surface area contributed by atoms with E-state index in [2.05, 4.69) is 46.1 Å². The molecule has 0 radical (unpaired) electrons. The summed E-state index contributed by atoms with van der Waals surface area (Å²) in [5.74, 6) is 1.77. The van der Waals surface area contributed by atoms with Crippen molar-refractivity contribution in [3.63, 3.8) is 0 Å². The Hall–Kier alpha value is 0.0400. The molecule has 1 aliphatic rings. The summed E-state index contributed by atoms with van der Waals surface area (Å²) in [4.78, 5) is 5.08. The molecule has 15 heavy (non-hydrogen) atoms. The maximum atomic E-state index is 4.60. The average Bonchev–Trinajstić information content (AvgIpc) is 2.87. The van der Waals surface area contributed by atoms with E-state index in [0.29, 0.717) is 10.7 Å². The third kappa shape index (κ3) is 3.00. The predicted octanol–water partition coefficient (Wildman–Crippen LogP) is 3.77. The van der Waals surface area contributed by atoms with E-state index in [9.17, 15) is 0 Å². The molecule has 4 heteroatoms. The summed E-state index contributed by atoms with van der Waals surface area (Å²) in [6.07, 6.45) is 3.56. The van der Waals surface area contributed by atoms with Gasteiger partial charge in [0.05, 0.1) is 0 Å². The van der Waals surface area contributed by atoms with Gasteiger partial charge in [-0.05, 0) is 29.8 Å². The van der Waals surface area contributed by atoms with Gasteiger partial charge in [-0.1, -0.05) is 36.7 Å². The second-order valence-corrected chi connectivity index (χ2v) is 7.30. The van der Waals surface area contributed by atoms with Crippen molar-refractivity contribution in [1.82, 2.24) is 9.36 Å². The summed E-state index contributed by atoms with van der Waals surface area (Å²) in [5, 5.41) is 1.17. The SMILES string of the molecule is CC(C)(C)C(Br)Cc1nc(C2CC2)ns1. The van der Waals surface area contributed by atoms with Crippen LogP contribution < -0.4 is 0 Å². The van der Waals surface area contributed by atoms with Gasteiger partial charge in [0.25, 0.3) is 0 Å². The van der Waals surface area contributed by atoms with Gasteiger partial charge in [-0.25, -0.2) is 4.98 Å². The van der Waals surface area contributed by atoms with Crippen molar-refractivity contribution in [2.75, 3.05) is 0 Å². The summed E-state index contributed by atoms with van der Waals surface area (Å²) < 4.78 is 4.42. The zero-order valence-corrected chi connectivity index (χ0v) is 11.9. The standard InChI is InChI=1S/C11H17BrN2S/c1-11(2,3)8(12)6-9-13-10(14-15-9)7-4-5-7/h7-8H,4-6H2,1-3H3. The molecule has 1 heterocycles. The third-order valence-electron chi connectivity index (χ3n) is 2.72. The van der Waals surface area contributed by atoms with Crippen LogP contribution in [-0.4, -0.2) is 14.2 Å². The van der Waals surface area contributed by atoms with Crippen LogP contribution in [0.5, 0.6) is 0 Å². The Morgan fingerprint density at radius 1 is 1.47 bits per heavy atom. The van der Waals surface area contributed by atoms with Gasteiger partial charge < -0.3 is 0 Å². The lowest BCUT2D eigenvalue weighted by atomic mass is 9.90. The van der Waals surface area contributed by atoms with E-state index < -0.39 is 0 Å². The molecule has 1 aromatic rings. The largest absolute Gasteiger partial charge is 0.224 e. The van der Waals surface area contributed by atoms with E-state index in [1.165, 1.54) is 17.8 Å². The highest BCUT2D eigenvalue weighted by Gasteiger charge is 2.29. The van der Waals surface area contributed by atoms with Crippen LogP contribution in [0.15, 0.2) is 0 Å². The van der Waals surface area contributed by atoms with Crippen LogP contribution in [0.4, 0.5) is 0 Å². The van der Waals surface area contributed by atoms with Gasteiger partial charge in [0.1, 0.15) is 10.8 Å². The summed E-state index contributed by atoms with van der Waals surface area (Å²) >= 11 is 5.31. The second-order valence-electron chi connectivity index (χ2n) is 5.36. The van der Waals surface area contributed by atoms with Crippen molar-refractivity contribution < 1.29 is 0 Å². The molecular formula is C11H17BrN2S. The van der Waals surface area contributed by atoms with Gasteiger partial charge in [0, 0.05) is 17.2 Å². The highest BCUT2D eigenvalue weighted by atomic mass is 79.9. The average molecular weight is 289 g/mol. The van der Waals surface area contributed by atoms with Gasteiger partial charge in [-0.15, -0.1) is 0 Å². The first-order valence-corrected chi connectivity index (χ1v) is 7.12. The minimum absolute atomic E-state index is 0.283. The molecule has 2 rings (SSSR count). The van der Waals surface area contributed by atoms with Gasteiger partial charge in [0.15, 0.2) is 0 Å². The molecule has 1 unspecified atom stereocenters. The summed E-state index contributed by atoms with van der Waals surface area (Å²) in [7, 11) is 0. The van der Waals surface area contributed by atoms with E-state index in [4.69, 9.17) is 0 Å². The fourth-order valence-corrected chi connectivity index (χ4v) is 2.60. The van der Waals surface area contributed by atoms with Crippen molar-refractivity contribution >= 4 is 27.5 Å². The van der Waals surface area contributed by atoms with Gasteiger partial charge >= 0.3 is 0 Å². The summed E-state index contributed by atoms with van der Waals surface area (Å²) in [6, 6.07) is 0. The van der Waals surface area contributed by atoms with Gasteiger partial charge in [-0.2, -0.15) is 4.37 Å². The molecule has 0 bridgehead atoms. The fourth-order valence-electron chi connectivity index (χ4n) is 1.32. The highest BCUT2D eigenvalue weighted by molar-refractivity contribution is 9.09. The molecule has 84 valence electrons. The van der Waals surface area contributed by atoms with Crippen LogP contribution in [0.1, 0.15) is 50.4 Å². The number of rotatable bonds is 3. The number of alkyl halides is 1. The van der Waals surface area contributed by atoms with Crippen LogP contribution in [0.25, 0.3) is 0 Å². The Labute approximate surface area is 104 Å². The van der Waals surface area contributed by atoms with Crippen LogP contribution in [0, 0.1) is 5.41 Å². The van der Waals surface area contributed by atoms with E-state index in [1.807, 2.05) is 0 Å². The Bertz CT molecular complexity index is 339. The van der Waals surface area contributed by atoms with Crippen LogP contribution in [0.3, 0.4) is 0 Å². The molecule has 0 saturated heterocycles. The first-order chi connectivity index (χ1) is 6.97. The number of halogens is 1. The monoisotopic (exact) mass is 288 g/mol. The van der Waals surface area contributed by atoms with E-state index in [0.717, 1.165) is 12.2 Å². The summed E-state index contributed by atoms with van der Waals surface area (Å²) in [6.45, 7) is 6.74. The number of aromatic nitrogens is 2. The molecular weight excluding hydrogens is 272 g/mol. The van der Waals surface area contributed by atoms with Crippen molar-refractivity contribution in [2.24, 2.45) is 5.41 Å².